The highest BCUT2D eigenvalue weighted by atomic mass is 35.5. The molecule has 2 aromatic rings. The van der Waals surface area contributed by atoms with Crippen LogP contribution in [0.4, 0.5) is 4.79 Å². The number of aromatic nitrogens is 2. The Morgan fingerprint density at radius 3 is 2.64 bits per heavy atom. The molecule has 1 aliphatic heterocycles. The van der Waals surface area contributed by atoms with E-state index >= 15 is 0 Å². The summed E-state index contributed by atoms with van der Waals surface area (Å²) in [4.78, 5) is 42.6. The Hall–Kier alpha value is -3.13. The minimum Gasteiger partial charge on any atom is -0.465 e. The van der Waals surface area contributed by atoms with Crippen LogP contribution in [-0.2, 0) is 22.5 Å². The van der Waals surface area contributed by atoms with Crippen LogP contribution in [0.15, 0.2) is 30.1 Å². The maximum Gasteiger partial charge on any atom is 0.337 e. The van der Waals surface area contributed by atoms with Crippen LogP contribution in [-0.4, -0.2) is 46.0 Å². The van der Waals surface area contributed by atoms with Crippen molar-refractivity contribution in [3.63, 3.8) is 0 Å². The summed E-state index contributed by atoms with van der Waals surface area (Å²) in [5.41, 5.74) is 2.09. The van der Waals surface area contributed by atoms with Crippen molar-refractivity contribution < 1.29 is 19.1 Å². The SMILES string of the molecule is CCCCc1ncc(C=C2NC(=O)N(CCCC)C2=O)n1Cc1ccc(C(=O)OC)cc1Cl. The second-order valence-corrected chi connectivity index (χ2v) is 8.29. The predicted octanol–water partition coefficient (Wildman–Crippen LogP) is 4.41. The molecule has 0 spiro atoms. The third-order valence-electron chi connectivity index (χ3n) is 5.52. The number of imide groups is 1. The second kappa shape index (κ2) is 11.1. The first-order valence-corrected chi connectivity index (χ1v) is 11.5. The lowest BCUT2D eigenvalue weighted by Gasteiger charge is -2.13. The number of imidazole rings is 1. The van der Waals surface area contributed by atoms with Crippen LogP contribution in [0.5, 0.6) is 0 Å². The number of hydrogen-bond donors (Lipinski definition) is 1. The number of nitrogens with one attached hydrogen (secondary N) is 1. The highest BCUT2D eigenvalue weighted by molar-refractivity contribution is 6.31. The van der Waals surface area contributed by atoms with Gasteiger partial charge in [-0.3, -0.25) is 9.69 Å². The fraction of sp³-hybridized carbons (Fsp3) is 0.417. The number of benzene rings is 1. The average molecular weight is 473 g/mol. The summed E-state index contributed by atoms with van der Waals surface area (Å²) >= 11 is 6.46. The van der Waals surface area contributed by atoms with Gasteiger partial charge >= 0.3 is 12.0 Å². The number of unbranched alkanes of at least 4 members (excludes halogenated alkanes) is 2. The van der Waals surface area contributed by atoms with Gasteiger partial charge in [-0.25, -0.2) is 14.6 Å². The van der Waals surface area contributed by atoms with E-state index in [0.29, 0.717) is 29.4 Å². The molecule has 33 heavy (non-hydrogen) atoms. The van der Waals surface area contributed by atoms with Crippen molar-refractivity contribution in [1.82, 2.24) is 19.8 Å². The molecule has 0 atom stereocenters. The largest absolute Gasteiger partial charge is 0.465 e. The lowest BCUT2D eigenvalue weighted by Crippen LogP contribution is -2.31. The monoisotopic (exact) mass is 472 g/mol. The van der Waals surface area contributed by atoms with Gasteiger partial charge in [0.25, 0.3) is 5.91 Å². The zero-order chi connectivity index (χ0) is 24.0. The first kappa shape index (κ1) is 24.5. The van der Waals surface area contributed by atoms with Gasteiger partial charge in [-0.1, -0.05) is 44.4 Å². The topological polar surface area (TPSA) is 93.5 Å². The van der Waals surface area contributed by atoms with E-state index in [2.05, 4.69) is 17.2 Å². The average Bonchev–Trinajstić information content (AvgIpc) is 3.31. The summed E-state index contributed by atoms with van der Waals surface area (Å²) in [5, 5.41) is 3.11. The van der Waals surface area contributed by atoms with Gasteiger partial charge in [0.15, 0.2) is 0 Å². The summed E-state index contributed by atoms with van der Waals surface area (Å²) in [6, 6.07) is 4.62. The fourth-order valence-corrected chi connectivity index (χ4v) is 3.83. The highest BCUT2D eigenvalue weighted by Crippen LogP contribution is 2.23. The van der Waals surface area contributed by atoms with Crippen LogP contribution in [0.3, 0.4) is 0 Å². The van der Waals surface area contributed by atoms with Crippen molar-refractivity contribution in [3.05, 3.63) is 57.8 Å². The van der Waals surface area contributed by atoms with E-state index in [4.69, 9.17) is 16.3 Å². The lowest BCUT2D eigenvalue weighted by molar-refractivity contribution is -0.122. The molecule has 2 heterocycles. The summed E-state index contributed by atoms with van der Waals surface area (Å²) in [6.45, 7) is 4.91. The van der Waals surface area contributed by atoms with Crippen molar-refractivity contribution in [2.24, 2.45) is 0 Å². The van der Waals surface area contributed by atoms with E-state index in [1.807, 2.05) is 11.5 Å². The molecular formula is C24H29ClN4O4. The van der Waals surface area contributed by atoms with Crippen molar-refractivity contribution in [2.75, 3.05) is 13.7 Å². The van der Waals surface area contributed by atoms with E-state index in [1.54, 1.807) is 30.5 Å². The highest BCUT2D eigenvalue weighted by Gasteiger charge is 2.33. The van der Waals surface area contributed by atoms with Crippen molar-refractivity contribution in [1.29, 1.82) is 0 Å². The number of rotatable bonds is 10. The number of carbonyl (C=O) groups excluding carboxylic acids is 3. The minimum absolute atomic E-state index is 0.228. The van der Waals surface area contributed by atoms with Crippen molar-refractivity contribution >= 4 is 35.6 Å². The Kier molecular flexibility index (Phi) is 8.27. The molecule has 0 saturated carbocycles. The van der Waals surface area contributed by atoms with Crippen LogP contribution >= 0.6 is 11.6 Å². The smallest absolute Gasteiger partial charge is 0.337 e. The van der Waals surface area contributed by atoms with E-state index < -0.39 is 12.0 Å². The molecule has 0 radical (unpaired) electrons. The maximum absolute atomic E-state index is 12.7. The van der Waals surface area contributed by atoms with Crippen molar-refractivity contribution in [3.8, 4) is 0 Å². The first-order valence-electron chi connectivity index (χ1n) is 11.1. The molecule has 176 valence electrons. The number of aryl methyl sites for hydroxylation is 1. The molecule has 3 amide bonds. The predicted molar refractivity (Wildman–Crippen MR) is 126 cm³/mol. The number of urea groups is 1. The molecule has 1 saturated heterocycles. The second-order valence-electron chi connectivity index (χ2n) is 7.89. The van der Waals surface area contributed by atoms with Crippen LogP contribution in [0, 0.1) is 0 Å². The molecule has 1 aromatic heterocycles. The number of esters is 1. The van der Waals surface area contributed by atoms with Gasteiger partial charge in [0.1, 0.15) is 11.5 Å². The molecule has 1 aromatic carbocycles. The van der Waals surface area contributed by atoms with Gasteiger partial charge < -0.3 is 14.6 Å². The Labute approximate surface area is 198 Å². The zero-order valence-corrected chi connectivity index (χ0v) is 19.9. The number of halogens is 1. The summed E-state index contributed by atoms with van der Waals surface area (Å²) in [6.07, 6.45) is 7.74. The fourth-order valence-electron chi connectivity index (χ4n) is 3.59. The third kappa shape index (κ3) is 5.63. The molecule has 0 unspecified atom stereocenters. The number of ether oxygens (including phenoxy) is 1. The van der Waals surface area contributed by atoms with Crippen LogP contribution in [0.25, 0.3) is 6.08 Å². The zero-order valence-electron chi connectivity index (χ0n) is 19.2. The van der Waals surface area contributed by atoms with Gasteiger partial charge in [-0.15, -0.1) is 0 Å². The van der Waals surface area contributed by atoms with Crippen LogP contribution in [0.2, 0.25) is 5.02 Å². The van der Waals surface area contributed by atoms with Crippen molar-refractivity contribution in [2.45, 2.75) is 52.5 Å². The van der Waals surface area contributed by atoms with Crippen LogP contribution in [0.1, 0.15) is 67.0 Å². The molecule has 1 fully saturated rings. The summed E-state index contributed by atoms with van der Waals surface area (Å²) < 4.78 is 6.74. The van der Waals surface area contributed by atoms with Gasteiger partial charge in [0.05, 0.1) is 31.1 Å². The normalized spacial score (nSPS) is 14.8. The number of carbonyl (C=O) groups is 3. The number of hydrogen-bond acceptors (Lipinski definition) is 5. The summed E-state index contributed by atoms with van der Waals surface area (Å²) in [7, 11) is 1.32. The molecule has 0 bridgehead atoms. The Balaban J connectivity index is 1.93. The molecule has 3 rings (SSSR count). The van der Waals surface area contributed by atoms with E-state index in [-0.39, 0.29) is 11.6 Å². The molecule has 8 nitrogen and oxygen atoms in total. The molecule has 1 N–H and O–H groups in total. The minimum atomic E-state index is -0.455. The Morgan fingerprint density at radius 1 is 1.21 bits per heavy atom. The first-order chi connectivity index (χ1) is 15.9. The summed E-state index contributed by atoms with van der Waals surface area (Å²) in [5.74, 6) is 0.0662. The Morgan fingerprint density at radius 2 is 1.97 bits per heavy atom. The van der Waals surface area contributed by atoms with Gasteiger partial charge in [-0.2, -0.15) is 0 Å². The standard InChI is InChI=1S/C24H29ClN4O4/c1-4-6-8-21-26-14-18(13-20-22(30)28(11-7-5-2)24(32)27-20)29(21)15-17-10-9-16(12-19(17)25)23(31)33-3/h9-10,12-14H,4-8,11,15H2,1-3H3,(H,27,32). The number of methoxy groups -OCH3 is 1. The van der Waals surface area contributed by atoms with Crippen LogP contribution < -0.4 is 5.32 Å². The van der Waals surface area contributed by atoms with Gasteiger partial charge in [-0.05, 0) is 36.6 Å². The molecular weight excluding hydrogens is 444 g/mol. The van der Waals surface area contributed by atoms with E-state index in [0.717, 1.165) is 43.5 Å². The van der Waals surface area contributed by atoms with E-state index in [1.165, 1.54) is 12.0 Å². The molecule has 9 heteroatoms. The maximum atomic E-state index is 12.7. The van der Waals surface area contributed by atoms with E-state index in [9.17, 15) is 14.4 Å². The quantitative estimate of drug-likeness (QED) is 0.314. The third-order valence-corrected chi connectivity index (χ3v) is 5.87. The van der Waals surface area contributed by atoms with Gasteiger partial charge in [0.2, 0.25) is 0 Å². The lowest BCUT2D eigenvalue weighted by atomic mass is 10.1. The molecule has 1 aliphatic rings. The Bertz CT molecular complexity index is 1080. The van der Waals surface area contributed by atoms with Gasteiger partial charge in [0, 0.05) is 18.0 Å². The number of amides is 3. The number of nitrogens with zero attached hydrogens (tertiary/aromatic N) is 3. The molecule has 0 aliphatic carbocycles.